The van der Waals surface area contributed by atoms with E-state index in [9.17, 15) is 4.79 Å². The Bertz CT molecular complexity index is 380. The second kappa shape index (κ2) is 4.89. The summed E-state index contributed by atoms with van der Waals surface area (Å²) in [5.41, 5.74) is 7.04. The molecule has 4 heterocycles. The van der Waals surface area contributed by atoms with E-state index in [4.69, 9.17) is 5.73 Å². The maximum Gasteiger partial charge on any atom is 0.272 e. The first kappa shape index (κ1) is 13.1. The number of hydrogen-bond acceptors (Lipinski definition) is 2. The second-order valence-corrected chi connectivity index (χ2v) is 6.62. The fourth-order valence-corrected chi connectivity index (χ4v) is 3.99. The molecule has 106 valence electrons. The summed E-state index contributed by atoms with van der Waals surface area (Å²) in [7, 11) is 0. The van der Waals surface area contributed by atoms with Gasteiger partial charge in [-0.25, -0.2) is 0 Å². The summed E-state index contributed by atoms with van der Waals surface area (Å²) >= 11 is 0. The number of fused-ring (bicyclic) bond motifs is 3. The van der Waals surface area contributed by atoms with Crippen molar-refractivity contribution in [2.75, 3.05) is 65.4 Å². The summed E-state index contributed by atoms with van der Waals surface area (Å²) in [5, 5.41) is 3.38. The number of nitrogens with two attached hydrogens (primary N) is 1. The van der Waals surface area contributed by atoms with Crippen LogP contribution in [0.25, 0.3) is 0 Å². The van der Waals surface area contributed by atoms with E-state index in [2.05, 4.69) is 11.4 Å². The molecular formula is C14H26N4O+2. The molecular weight excluding hydrogens is 240 g/mol. The van der Waals surface area contributed by atoms with E-state index >= 15 is 0 Å². The van der Waals surface area contributed by atoms with Gasteiger partial charge >= 0.3 is 0 Å². The van der Waals surface area contributed by atoms with Gasteiger partial charge in [-0.1, -0.05) is 6.08 Å². The van der Waals surface area contributed by atoms with Crippen LogP contribution in [0.4, 0.5) is 0 Å². The maximum atomic E-state index is 11.2. The van der Waals surface area contributed by atoms with Gasteiger partial charge in [-0.15, -0.1) is 0 Å². The van der Waals surface area contributed by atoms with Crippen LogP contribution in [-0.2, 0) is 4.79 Å². The first-order chi connectivity index (χ1) is 9.12. The van der Waals surface area contributed by atoms with Gasteiger partial charge < -0.3 is 20.0 Å². The minimum atomic E-state index is -0.136. The lowest BCUT2D eigenvalue weighted by molar-refractivity contribution is -1.08. The topological polar surface area (TPSA) is 55.1 Å². The van der Waals surface area contributed by atoms with Gasteiger partial charge in [0.25, 0.3) is 5.91 Å². The van der Waals surface area contributed by atoms with E-state index in [0.717, 1.165) is 37.2 Å². The molecule has 0 atom stereocenters. The molecule has 0 aliphatic carbocycles. The highest BCUT2D eigenvalue weighted by Crippen LogP contribution is 2.28. The molecule has 2 bridgehead atoms. The van der Waals surface area contributed by atoms with Crippen molar-refractivity contribution in [3.8, 4) is 0 Å². The second-order valence-electron chi connectivity index (χ2n) is 6.62. The zero-order valence-electron chi connectivity index (χ0n) is 11.7. The monoisotopic (exact) mass is 266 g/mol. The van der Waals surface area contributed by atoms with Crippen LogP contribution in [0.3, 0.4) is 0 Å². The van der Waals surface area contributed by atoms with Crippen LogP contribution in [0.2, 0.25) is 0 Å². The Kier molecular flexibility index (Phi) is 3.37. The van der Waals surface area contributed by atoms with Crippen LogP contribution < -0.4 is 11.1 Å². The number of quaternary nitrogens is 2. The van der Waals surface area contributed by atoms with Gasteiger partial charge in [0.15, 0.2) is 6.54 Å². The minimum Gasteiger partial charge on any atom is -0.365 e. The van der Waals surface area contributed by atoms with E-state index in [0.29, 0.717) is 6.54 Å². The van der Waals surface area contributed by atoms with Crippen molar-refractivity contribution in [2.24, 2.45) is 5.73 Å². The SMILES string of the molecule is NC(=O)C[N+]12CC[N+](CC3=CCNCC3)(CC1)CC2. The highest BCUT2D eigenvalue weighted by atomic mass is 16.1. The number of carbonyl (C=O) groups excluding carboxylic acids is 1. The predicted octanol–water partition coefficient (Wildman–Crippen LogP) is -0.948. The van der Waals surface area contributed by atoms with Gasteiger partial charge in [-0.2, -0.15) is 0 Å². The quantitative estimate of drug-likeness (QED) is 0.509. The molecule has 4 rings (SSSR count). The van der Waals surface area contributed by atoms with Crippen LogP contribution >= 0.6 is 0 Å². The summed E-state index contributed by atoms with van der Waals surface area (Å²) in [6.07, 6.45) is 3.59. The molecule has 4 aliphatic rings. The Morgan fingerprint density at radius 3 is 2.32 bits per heavy atom. The molecule has 0 spiro atoms. The average molecular weight is 266 g/mol. The van der Waals surface area contributed by atoms with E-state index in [1.165, 1.54) is 37.1 Å². The third-order valence-corrected chi connectivity index (χ3v) is 5.33. The van der Waals surface area contributed by atoms with Crippen molar-refractivity contribution in [2.45, 2.75) is 6.42 Å². The van der Waals surface area contributed by atoms with Gasteiger partial charge in [0.1, 0.15) is 45.8 Å². The standard InChI is InChI=1S/C14H25N4O/c15-14(19)12-18-8-5-17(6-9-18,7-10-18)11-13-1-3-16-4-2-13/h1,16H,2-12H2,(H-,15,19)/q+1/p+1. The Morgan fingerprint density at radius 2 is 1.79 bits per heavy atom. The normalized spacial score (nSPS) is 38.0. The molecule has 0 aromatic carbocycles. The molecule has 0 unspecified atom stereocenters. The van der Waals surface area contributed by atoms with Gasteiger partial charge in [0.2, 0.25) is 0 Å². The number of carbonyl (C=O) groups is 1. The molecule has 0 saturated carbocycles. The fraction of sp³-hybridized carbons (Fsp3) is 0.786. The number of amides is 1. The fourth-order valence-electron chi connectivity index (χ4n) is 3.99. The Balaban J connectivity index is 1.64. The van der Waals surface area contributed by atoms with Crippen LogP contribution in [0.1, 0.15) is 6.42 Å². The van der Waals surface area contributed by atoms with Crippen molar-refractivity contribution in [1.29, 1.82) is 0 Å². The number of hydrogen-bond donors (Lipinski definition) is 2. The van der Waals surface area contributed by atoms with E-state index in [-0.39, 0.29) is 5.91 Å². The molecule has 0 aromatic heterocycles. The van der Waals surface area contributed by atoms with Crippen LogP contribution in [0, 0.1) is 0 Å². The van der Waals surface area contributed by atoms with Crippen LogP contribution in [-0.4, -0.2) is 80.3 Å². The third kappa shape index (κ3) is 2.68. The number of piperazine rings is 3. The van der Waals surface area contributed by atoms with Crippen molar-refractivity contribution >= 4 is 5.91 Å². The number of primary amides is 1. The number of nitrogens with one attached hydrogen (secondary N) is 1. The van der Waals surface area contributed by atoms with Crippen LogP contribution in [0.5, 0.6) is 0 Å². The molecule has 19 heavy (non-hydrogen) atoms. The first-order valence-electron chi connectivity index (χ1n) is 7.49. The molecule has 4 aliphatic heterocycles. The van der Waals surface area contributed by atoms with Crippen molar-refractivity contribution in [3.63, 3.8) is 0 Å². The highest BCUT2D eigenvalue weighted by Gasteiger charge is 2.49. The zero-order chi connectivity index (χ0) is 13.3. The summed E-state index contributed by atoms with van der Waals surface area (Å²) in [6.45, 7) is 11.0. The molecule has 3 N–H and O–H groups in total. The average Bonchev–Trinajstić information content (AvgIpc) is 2.41. The van der Waals surface area contributed by atoms with Gasteiger partial charge in [0.05, 0.1) is 0 Å². The third-order valence-electron chi connectivity index (χ3n) is 5.33. The largest absolute Gasteiger partial charge is 0.365 e. The molecule has 3 saturated heterocycles. The summed E-state index contributed by atoms with van der Waals surface area (Å²) in [6, 6.07) is 0. The van der Waals surface area contributed by atoms with Gasteiger partial charge in [0, 0.05) is 6.54 Å². The summed E-state index contributed by atoms with van der Waals surface area (Å²) in [5.74, 6) is -0.136. The minimum absolute atomic E-state index is 0.136. The molecule has 1 amide bonds. The Hall–Kier alpha value is -0.910. The maximum absolute atomic E-state index is 11.2. The van der Waals surface area contributed by atoms with E-state index in [1.54, 1.807) is 5.57 Å². The lowest BCUT2D eigenvalue weighted by Crippen LogP contribution is -2.76. The molecule has 5 heteroatoms. The van der Waals surface area contributed by atoms with Crippen molar-refractivity contribution in [1.82, 2.24) is 5.32 Å². The van der Waals surface area contributed by atoms with E-state index < -0.39 is 0 Å². The lowest BCUT2D eigenvalue weighted by Gasteiger charge is -2.55. The summed E-state index contributed by atoms with van der Waals surface area (Å²) < 4.78 is 2.21. The Morgan fingerprint density at radius 1 is 1.16 bits per heavy atom. The lowest BCUT2D eigenvalue weighted by atomic mass is 10.0. The molecule has 3 fully saturated rings. The van der Waals surface area contributed by atoms with Gasteiger partial charge in [-0.05, 0) is 18.5 Å². The predicted molar refractivity (Wildman–Crippen MR) is 74.2 cm³/mol. The van der Waals surface area contributed by atoms with Crippen molar-refractivity contribution < 1.29 is 13.8 Å². The molecule has 0 aromatic rings. The number of rotatable bonds is 4. The summed E-state index contributed by atoms with van der Waals surface area (Å²) in [4.78, 5) is 11.2. The zero-order valence-corrected chi connectivity index (χ0v) is 11.7. The van der Waals surface area contributed by atoms with Crippen LogP contribution in [0.15, 0.2) is 11.6 Å². The number of nitrogens with zero attached hydrogens (tertiary/aromatic N) is 2. The Labute approximate surface area is 115 Å². The first-order valence-corrected chi connectivity index (χ1v) is 7.49. The highest BCUT2D eigenvalue weighted by molar-refractivity contribution is 5.74. The van der Waals surface area contributed by atoms with E-state index in [1.807, 2.05) is 0 Å². The van der Waals surface area contributed by atoms with Crippen molar-refractivity contribution in [3.05, 3.63) is 11.6 Å². The molecule has 5 nitrogen and oxygen atoms in total. The van der Waals surface area contributed by atoms with Gasteiger partial charge in [-0.3, -0.25) is 4.79 Å². The molecule has 0 radical (unpaired) electrons. The smallest absolute Gasteiger partial charge is 0.272 e.